The maximum Gasteiger partial charge on any atom is 0.223 e. The van der Waals surface area contributed by atoms with E-state index in [4.69, 9.17) is 0 Å². The van der Waals surface area contributed by atoms with E-state index in [1.807, 2.05) is 12.1 Å². The van der Waals surface area contributed by atoms with E-state index in [1.54, 1.807) is 0 Å². The Hall–Kier alpha value is -2.36. The van der Waals surface area contributed by atoms with Crippen LogP contribution < -0.4 is 10.6 Å². The molecule has 1 aliphatic carbocycles. The number of carbonyl (C=O) groups excluding carboxylic acids is 1. The van der Waals surface area contributed by atoms with E-state index in [2.05, 4.69) is 29.7 Å². The lowest BCUT2D eigenvalue weighted by Gasteiger charge is -2.30. The molecule has 37 heavy (non-hydrogen) atoms. The minimum atomic E-state index is -3.07. The minimum Gasteiger partial charge on any atom is -0.390 e. The van der Waals surface area contributed by atoms with Crippen molar-refractivity contribution in [2.24, 2.45) is 11.8 Å². The Kier molecular flexibility index (Phi) is 10.6. The van der Waals surface area contributed by atoms with Gasteiger partial charge in [-0.1, -0.05) is 31.2 Å². The van der Waals surface area contributed by atoms with Crippen LogP contribution >= 0.6 is 0 Å². The van der Waals surface area contributed by atoms with Crippen LogP contribution in [-0.4, -0.2) is 50.1 Å². The van der Waals surface area contributed by atoms with E-state index in [1.165, 1.54) is 24.0 Å². The molecule has 0 aliphatic heterocycles. The van der Waals surface area contributed by atoms with E-state index in [0.29, 0.717) is 37.8 Å². The predicted octanol–water partition coefficient (Wildman–Crippen LogP) is 3.56. The van der Waals surface area contributed by atoms with Gasteiger partial charge in [-0.15, -0.1) is 0 Å². The van der Waals surface area contributed by atoms with Gasteiger partial charge in [0.1, 0.15) is 21.5 Å². The third-order valence-electron chi connectivity index (χ3n) is 7.01. The third-order valence-corrected chi connectivity index (χ3v) is 8.09. The molecule has 1 amide bonds. The van der Waals surface area contributed by atoms with Gasteiger partial charge in [-0.25, -0.2) is 17.2 Å². The number of aryl methyl sites for hydroxylation is 1. The van der Waals surface area contributed by atoms with Crippen molar-refractivity contribution in [3.05, 3.63) is 70.8 Å². The van der Waals surface area contributed by atoms with Gasteiger partial charge >= 0.3 is 0 Å². The van der Waals surface area contributed by atoms with Gasteiger partial charge in [0.05, 0.1) is 17.9 Å². The van der Waals surface area contributed by atoms with Gasteiger partial charge in [-0.3, -0.25) is 4.79 Å². The maximum atomic E-state index is 13.8. The van der Waals surface area contributed by atoms with Gasteiger partial charge in [0.25, 0.3) is 0 Å². The number of rotatable bonds is 12. The zero-order chi connectivity index (χ0) is 27.0. The van der Waals surface area contributed by atoms with Gasteiger partial charge in [0.15, 0.2) is 0 Å². The normalized spacial score (nSPS) is 19.8. The summed E-state index contributed by atoms with van der Waals surface area (Å²) in [5, 5.41) is 17.1. The maximum absolute atomic E-state index is 13.8. The molecule has 0 unspecified atom stereocenters. The van der Waals surface area contributed by atoms with Crippen LogP contribution in [0.15, 0.2) is 42.5 Å². The molecule has 0 bridgehead atoms. The number of sulfone groups is 1. The van der Waals surface area contributed by atoms with Crippen LogP contribution in [0.25, 0.3) is 0 Å². The second-order valence-corrected chi connectivity index (χ2v) is 12.5. The second kappa shape index (κ2) is 13.4. The summed E-state index contributed by atoms with van der Waals surface area (Å²) in [6, 6.07) is 10.6. The standard InChI is InChI=1S/C28H38F2N2O4S/c1-3-19-5-4-6-21(11-19)16-31-17-27(33)26(14-22-12-24(29)15-25(30)13-22)32-28(34)23-9-7-20(8-10-23)18-37(2,35)36/h4-6,11-13,15,20,23,26-27,31,33H,3,7-10,14,16-18H2,1-2H3,(H,32,34)/t20?,23?,26-,27-/m0/s1. The Morgan fingerprint density at radius 1 is 1.03 bits per heavy atom. The smallest absolute Gasteiger partial charge is 0.223 e. The van der Waals surface area contributed by atoms with Crippen molar-refractivity contribution >= 4 is 15.7 Å². The molecule has 0 aromatic heterocycles. The number of hydrogen-bond acceptors (Lipinski definition) is 5. The topological polar surface area (TPSA) is 95.5 Å². The van der Waals surface area contributed by atoms with Crippen LogP contribution in [0.1, 0.15) is 49.3 Å². The van der Waals surface area contributed by atoms with Crippen molar-refractivity contribution in [3.63, 3.8) is 0 Å². The fourth-order valence-electron chi connectivity index (χ4n) is 5.05. The fraction of sp³-hybridized carbons (Fsp3) is 0.536. The molecule has 3 N–H and O–H groups in total. The molecule has 6 nitrogen and oxygen atoms in total. The van der Waals surface area contributed by atoms with Crippen molar-refractivity contribution in [1.29, 1.82) is 0 Å². The summed E-state index contributed by atoms with van der Waals surface area (Å²) in [7, 11) is -3.07. The number of nitrogens with one attached hydrogen (secondary N) is 2. The lowest BCUT2D eigenvalue weighted by molar-refractivity contribution is -0.127. The van der Waals surface area contributed by atoms with E-state index < -0.39 is 33.6 Å². The highest BCUT2D eigenvalue weighted by Gasteiger charge is 2.30. The molecule has 2 atom stereocenters. The molecule has 2 aromatic carbocycles. The molecule has 3 rings (SSSR count). The molecule has 2 aromatic rings. The van der Waals surface area contributed by atoms with Crippen LogP contribution in [0.2, 0.25) is 0 Å². The first-order valence-electron chi connectivity index (χ1n) is 12.9. The first-order valence-corrected chi connectivity index (χ1v) is 15.0. The van der Waals surface area contributed by atoms with E-state index in [0.717, 1.165) is 18.1 Å². The number of hydrogen-bond donors (Lipinski definition) is 3. The molecule has 1 aliphatic rings. The second-order valence-electron chi connectivity index (χ2n) is 10.3. The van der Waals surface area contributed by atoms with Gasteiger partial charge < -0.3 is 15.7 Å². The van der Waals surface area contributed by atoms with Crippen molar-refractivity contribution in [1.82, 2.24) is 10.6 Å². The Morgan fingerprint density at radius 2 is 1.68 bits per heavy atom. The van der Waals surface area contributed by atoms with Crippen LogP contribution in [0.4, 0.5) is 8.78 Å². The first-order chi connectivity index (χ1) is 17.5. The predicted molar refractivity (Wildman–Crippen MR) is 141 cm³/mol. The summed E-state index contributed by atoms with van der Waals surface area (Å²) in [5.41, 5.74) is 2.63. The van der Waals surface area contributed by atoms with Gasteiger partial charge in [0, 0.05) is 31.3 Å². The summed E-state index contributed by atoms with van der Waals surface area (Å²) in [5.74, 6) is -1.78. The molecule has 0 radical (unpaired) electrons. The molecule has 1 saturated carbocycles. The molecule has 204 valence electrons. The molecule has 1 fully saturated rings. The van der Waals surface area contributed by atoms with E-state index >= 15 is 0 Å². The Labute approximate surface area is 218 Å². The summed E-state index contributed by atoms with van der Waals surface area (Å²) in [4.78, 5) is 13.1. The zero-order valence-electron chi connectivity index (χ0n) is 21.6. The summed E-state index contributed by atoms with van der Waals surface area (Å²) in [6.07, 6.45) is 3.64. The van der Waals surface area contributed by atoms with Gasteiger partial charge in [0.2, 0.25) is 5.91 Å². The van der Waals surface area contributed by atoms with Crippen molar-refractivity contribution in [2.45, 2.75) is 64.1 Å². The number of amides is 1. The minimum absolute atomic E-state index is 0.0473. The van der Waals surface area contributed by atoms with Crippen LogP contribution in [-0.2, 0) is 34.0 Å². The van der Waals surface area contributed by atoms with E-state index in [-0.39, 0.29) is 36.5 Å². The van der Waals surface area contributed by atoms with Gasteiger partial charge in [-0.2, -0.15) is 0 Å². The lowest BCUT2D eigenvalue weighted by atomic mass is 9.82. The van der Waals surface area contributed by atoms with Crippen molar-refractivity contribution in [3.8, 4) is 0 Å². The summed E-state index contributed by atoms with van der Waals surface area (Å²) in [6.45, 7) is 2.79. The molecular weight excluding hydrogens is 498 g/mol. The van der Waals surface area contributed by atoms with Crippen LogP contribution in [0.3, 0.4) is 0 Å². The number of halogens is 2. The lowest BCUT2D eigenvalue weighted by Crippen LogP contribution is -2.50. The monoisotopic (exact) mass is 536 g/mol. The first kappa shape index (κ1) is 29.2. The number of benzene rings is 2. The molecule has 9 heteroatoms. The highest BCUT2D eigenvalue weighted by atomic mass is 32.2. The number of aliphatic hydroxyl groups is 1. The third kappa shape index (κ3) is 9.79. The van der Waals surface area contributed by atoms with Crippen molar-refractivity contribution in [2.75, 3.05) is 18.6 Å². The Morgan fingerprint density at radius 3 is 2.30 bits per heavy atom. The molecule has 0 spiro atoms. The zero-order valence-corrected chi connectivity index (χ0v) is 22.4. The average molecular weight is 537 g/mol. The molecule has 0 saturated heterocycles. The highest BCUT2D eigenvalue weighted by Crippen LogP contribution is 2.30. The summed E-state index contributed by atoms with van der Waals surface area (Å²) < 4.78 is 50.8. The van der Waals surface area contributed by atoms with Crippen LogP contribution in [0.5, 0.6) is 0 Å². The van der Waals surface area contributed by atoms with Gasteiger partial charge in [-0.05, 0) is 73.3 Å². The number of aliphatic hydroxyl groups excluding tert-OH is 1. The SMILES string of the molecule is CCc1cccc(CNC[C@H](O)[C@H](Cc2cc(F)cc(F)c2)NC(=O)C2CCC(CS(C)(=O)=O)CC2)c1. The Balaban J connectivity index is 1.63. The Bertz CT molecular complexity index is 1130. The molecular formula is C28H38F2N2O4S. The van der Waals surface area contributed by atoms with Crippen molar-refractivity contribution < 1.29 is 27.1 Å². The summed E-state index contributed by atoms with van der Waals surface area (Å²) >= 11 is 0. The van der Waals surface area contributed by atoms with E-state index in [9.17, 15) is 27.1 Å². The largest absolute Gasteiger partial charge is 0.390 e. The fourth-order valence-corrected chi connectivity index (χ4v) is 6.24. The highest BCUT2D eigenvalue weighted by molar-refractivity contribution is 7.90. The number of carbonyl (C=O) groups is 1. The molecule has 0 heterocycles. The van der Waals surface area contributed by atoms with Crippen LogP contribution in [0, 0.1) is 23.5 Å². The average Bonchev–Trinajstić information content (AvgIpc) is 2.82. The quantitative estimate of drug-likeness (QED) is 0.386.